The molecule has 0 spiro atoms. The Hall–Kier alpha value is -0.390. The SMILES string of the molecule is Clc1ccc(NC2CCSc3ccccc32)c(I)c1. The van der Waals surface area contributed by atoms with E-state index in [1.165, 1.54) is 19.8 Å². The molecule has 0 saturated carbocycles. The van der Waals surface area contributed by atoms with E-state index in [0.29, 0.717) is 6.04 Å². The summed E-state index contributed by atoms with van der Waals surface area (Å²) in [7, 11) is 0. The van der Waals surface area contributed by atoms with Crippen LogP contribution < -0.4 is 5.32 Å². The molecule has 4 heteroatoms. The highest BCUT2D eigenvalue weighted by molar-refractivity contribution is 14.1. The van der Waals surface area contributed by atoms with Crippen LogP contribution >= 0.6 is 46.0 Å². The van der Waals surface area contributed by atoms with Crippen LogP contribution in [0.25, 0.3) is 0 Å². The molecule has 1 aliphatic rings. The van der Waals surface area contributed by atoms with Gasteiger partial charge in [0, 0.05) is 24.9 Å². The fourth-order valence-electron chi connectivity index (χ4n) is 2.29. The van der Waals surface area contributed by atoms with E-state index in [9.17, 15) is 0 Å². The van der Waals surface area contributed by atoms with Gasteiger partial charge in [-0.2, -0.15) is 0 Å². The number of nitrogens with one attached hydrogen (secondary N) is 1. The van der Waals surface area contributed by atoms with Crippen LogP contribution in [0, 0.1) is 3.57 Å². The Bertz CT molecular complexity index is 602. The maximum absolute atomic E-state index is 6.00. The molecule has 98 valence electrons. The second-order valence-electron chi connectivity index (χ2n) is 4.50. The first-order valence-corrected chi connectivity index (χ1v) is 8.61. The molecule has 0 amide bonds. The van der Waals surface area contributed by atoms with E-state index in [2.05, 4.69) is 58.2 Å². The molecule has 0 aromatic heterocycles. The second-order valence-corrected chi connectivity index (χ2v) is 7.23. The highest BCUT2D eigenvalue weighted by Gasteiger charge is 2.20. The molecule has 1 atom stereocenters. The molecule has 1 N–H and O–H groups in total. The quantitative estimate of drug-likeness (QED) is 0.658. The summed E-state index contributed by atoms with van der Waals surface area (Å²) in [6, 6.07) is 15.1. The van der Waals surface area contributed by atoms with Crippen molar-refractivity contribution in [2.45, 2.75) is 17.4 Å². The average Bonchev–Trinajstić information content (AvgIpc) is 2.42. The summed E-state index contributed by atoms with van der Waals surface area (Å²) in [5.74, 6) is 1.17. The van der Waals surface area contributed by atoms with Crippen LogP contribution in [-0.2, 0) is 0 Å². The monoisotopic (exact) mass is 401 g/mol. The summed E-state index contributed by atoms with van der Waals surface area (Å²) in [5, 5.41) is 4.44. The molecule has 0 radical (unpaired) electrons. The fourth-order valence-corrected chi connectivity index (χ4v) is 4.44. The Morgan fingerprint density at radius 3 is 2.89 bits per heavy atom. The number of anilines is 1. The third-order valence-corrected chi connectivity index (χ3v) is 5.47. The molecule has 0 saturated heterocycles. The molecule has 2 aromatic rings. The number of benzene rings is 2. The first-order chi connectivity index (χ1) is 9.24. The lowest BCUT2D eigenvalue weighted by Crippen LogP contribution is -2.16. The zero-order valence-corrected chi connectivity index (χ0v) is 13.9. The van der Waals surface area contributed by atoms with Gasteiger partial charge in [0.25, 0.3) is 0 Å². The standard InChI is InChI=1S/C15H13ClINS/c16-10-5-6-14(12(17)9-10)18-13-7-8-19-15-4-2-1-3-11(13)15/h1-6,9,13,18H,7-8H2. The number of halogens is 2. The number of rotatable bonds is 2. The lowest BCUT2D eigenvalue weighted by Gasteiger charge is -2.27. The Kier molecular flexibility index (Phi) is 4.24. The Labute approximate surface area is 136 Å². The van der Waals surface area contributed by atoms with Gasteiger partial charge in [-0.25, -0.2) is 0 Å². The number of fused-ring (bicyclic) bond motifs is 1. The predicted molar refractivity (Wildman–Crippen MR) is 92.3 cm³/mol. The largest absolute Gasteiger partial charge is 0.377 e. The molecule has 19 heavy (non-hydrogen) atoms. The van der Waals surface area contributed by atoms with E-state index in [1.807, 2.05) is 23.9 Å². The van der Waals surface area contributed by atoms with E-state index < -0.39 is 0 Å². The van der Waals surface area contributed by atoms with Crippen molar-refractivity contribution in [1.82, 2.24) is 0 Å². The van der Waals surface area contributed by atoms with Gasteiger partial charge < -0.3 is 5.32 Å². The topological polar surface area (TPSA) is 12.0 Å². The van der Waals surface area contributed by atoms with Crippen molar-refractivity contribution < 1.29 is 0 Å². The van der Waals surface area contributed by atoms with Crippen LogP contribution in [0.2, 0.25) is 5.02 Å². The van der Waals surface area contributed by atoms with E-state index in [4.69, 9.17) is 11.6 Å². The Morgan fingerprint density at radius 2 is 2.05 bits per heavy atom. The molecule has 3 rings (SSSR count). The molecule has 1 aliphatic heterocycles. The maximum Gasteiger partial charge on any atom is 0.0533 e. The Morgan fingerprint density at radius 1 is 1.21 bits per heavy atom. The lowest BCUT2D eigenvalue weighted by molar-refractivity contribution is 0.728. The van der Waals surface area contributed by atoms with Gasteiger partial charge >= 0.3 is 0 Å². The molecule has 1 nitrogen and oxygen atoms in total. The molecule has 0 bridgehead atoms. The molecule has 2 aromatic carbocycles. The van der Waals surface area contributed by atoms with Gasteiger partial charge in [-0.05, 0) is 58.8 Å². The van der Waals surface area contributed by atoms with Crippen molar-refractivity contribution in [1.29, 1.82) is 0 Å². The van der Waals surface area contributed by atoms with Gasteiger partial charge in [-0.3, -0.25) is 0 Å². The number of hydrogen-bond donors (Lipinski definition) is 1. The van der Waals surface area contributed by atoms with Crippen molar-refractivity contribution in [2.75, 3.05) is 11.1 Å². The molecule has 0 fully saturated rings. The van der Waals surface area contributed by atoms with Crippen LogP contribution in [0.5, 0.6) is 0 Å². The molecular formula is C15H13ClINS. The first-order valence-electron chi connectivity index (χ1n) is 6.17. The normalized spacial score (nSPS) is 17.9. The fraction of sp³-hybridized carbons (Fsp3) is 0.200. The van der Waals surface area contributed by atoms with Gasteiger partial charge in [-0.1, -0.05) is 29.8 Å². The minimum Gasteiger partial charge on any atom is -0.377 e. The van der Waals surface area contributed by atoms with Crippen LogP contribution in [0.15, 0.2) is 47.4 Å². The van der Waals surface area contributed by atoms with E-state index in [0.717, 1.165) is 17.1 Å². The van der Waals surface area contributed by atoms with Gasteiger partial charge in [0.05, 0.1) is 6.04 Å². The van der Waals surface area contributed by atoms with Crippen molar-refractivity contribution in [2.24, 2.45) is 0 Å². The molecule has 1 unspecified atom stereocenters. The zero-order chi connectivity index (χ0) is 13.2. The summed E-state index contributed by atoms with van der Waals surface area (Å²) < 4.78 is 1.17. The lowest BCUT2D eigenvalue weighted by atomic mass is 10.0. The summed E-state index contributed by atoms with van der Waals surface area (Å²) in [6.45, 7) is 0. The van der Waals surface area contributed by atoms with Crippen molar-refractivity contribution in [3.05, 3.63) is 56.6 Å². The third-order valence-electron chi connectivity index (χ3n) is 3.22. The predicted octanol–water partition coefficient (Wildman–Crippen LogP) is 5.59. The van der Waals surface area contributed by atoms with E-state index in [-0.39, 0.29) is 0 Å². The van der Waals surface area contributed by atoms with Crippen LogP contribution in [-0.4, -0.2) is 5.75 Å². The van der Waals surface area contributed by atoms with E-state index in [1.54, 1.807) is 0 Å². The summed E-state index contributed by atoms with van der Waals surface area (Å²) >= 11 is 10.3. The van der Waals surface area contributed by atoms with Gasteiger partial charge in [0.15, 0.2) is 0 Å². The molecular weight excluding hydrogens is 389 g/mol. The van der Waals surface area contributed by atoms with Gasteiger partial charge in [0.1, 0.15) is 0 Å². The van der Waals surface area contributed by atoms with Gasteiger partial charge in [0.2, 0.25) is 0 Å². The van der Waals surface area contributed by atoms with E-state index >= 15 is 0 Å². The summed E-state index contributed by atoms with van der Waals surface area (Å²) in [6.07, 6.45) is 1.15. The molecule has 0 aliphatic carbocycles. The highest BCUT2D eigenvalue weighted by atomic mass is 127. The first kappa shape index (κ1) is 13.6. The van der Waals surface area contributed by atoms with Gasteiger partial charge in [-0.15, -0.1) is 11.8 Å². The van der Waals surface area contributed by atoms with Crippen LogP contribution in [0.3, 0.4) is 0 Å². The second kappa shape index (κ2) is 5.94. The highest BCUT2D eigenvalue weighted by Crippen LogP contribution is 2.38. The number of hydrogen-bond acceptors (Lipinski definition) is 2. The molecule has 1 heterocycles. The maximum atomic E-state index is 6.00. The van der Waals surface area contributed by atoms with Crippen LogP contribution in [0.1, 0.15) is 18.0 Å². The van der Waals surface area contributed by atoms with Crippen molar-refractivity contribution >= 4 is 51.6 Å². The summed E-state index contributed by atoms with van der Waals surface area (Å²) in [5.41, 5.74) is 2.57. The minimum absolute atomic E-state index is 0.396. The average molecular weight is 402 g/mol. The minimum atomic E-state index is 0.396. The van der Waals surface area contributed by atoms with Crippen molar-refractivity contribution in [3.63, 3.8) is 0 Å². The third kappa shape index (κ3) is 3.03. The smallest absolute Gasteiger partial charge is 0.0533 e. The summed E-state index contributed by atoms with van der Waals surface area (Å²) in [4.78, 5) is 1.40. The van der Waals surface area contributed by atoms with Crippen LogP contribution in [0.4, 0.5) is 5.69 Å². The Balaban J connectivity index is 1.88. The van der Waals surface area contributed by atoms with Crippen molar-refractivity contribution in [3.8, 4) is 0 Å². The number of thioether (sulfide) groups is 1. The zero-order valence-electron chi connectivity index (χ0n) is 10.2.